The van der Waals surface area contributed by atoms with E-state index in [1.54, 1.807) is 16.2 Å². The zero-order chi connectivity index (χ0) is 15.5. The second-order valence-corrected chi connectivity index (χ2v) is 6.84. The maximum absolute atomic E-state index is 12.3. The monoisotopic (exact) mass is 336 g/mol. The number of hydrogen-bond acceptors (Lipinski definition) is 6. The number of hydrogen-bond donors (Lipinski definition) is 2. The topological polar surface area (TPSA) is 88.3 Å². The number of carbonyl (C=O) groups is 2. The van der Waals surface area contributed by atoms with Crippen LogP contribution in [0.1, 0.15) is 37.9 Å². The Morgan fingerprint density at radius 2 is 2.14 bits per heavy atom. The quantitative estimate of drug-likeness (QED) is 0.893. The Labute approximate surface area is 136 Å². The molecule has 0 aromatic carbocycles. The summed E-state index contributed by atoms with van der Waals surface area (Å²) in [6.45, 7) is 1.91. The first-order chi connectivity index (χ1) is 10.7. The van der Waals surface area contributed by atoms with Gasteiger partial charge in [0.2, 0.25) is 0 Å². The molecule has 3 heterocycles. The average Bonchev–Trinajstić information content (AvgIpc) is 3.25. The normalized spacial score (nSPS) is 14.3. The van der Waals surface area contributed by atoms with Gasteiger partial charge in [0, 0.05) is 18.0 Å². The molecule has 1 aliphatic rings. The van der Waals surface area contributed by atoms with Gasteiger partial charge in [-0.25, -0.2) is 0 Å². The zero-order valence-corrected chi connectivity index (χ0v) is 13.5. The number of aromatic nitrogens is 1. The average molecular weight is 336 g/mol. The number of thiophene rings is 1. The van der Waals surface area contributed by atoms with E-state index in [4.69, 9.17) is 5.73 Å². The van der Waals surface area contributed by atoms with Crippen LogP contribution in [-0.4, -0.2) is 34.2 Å². The highest BCUT2D eigenvalue weighted by molar-refractivity contribution is 7.10. The summed E-state index contributed by atoms with van der Waals surface area (Å²) < 4.78 is 4.09. The number of nitrogens with two attached hydrogens (primary N) is 1. The molecule has 2 aromatic heterocycles. The Morgan fingerprint density at radius 3 is 2.82 bits per heavy atom. The van der Waals surface area contributed by atoms with E-state index >= 15 is 0 Å². The lowest BCUT2D eigenvalue weighted by atomic mass is 10.2. The molecule has 3 rings (SSSR count). The van der Waals surface area contributed by atoms with Crippen molar-refractivity contribution in [3.8, 4) is 0 Å². The standard InChI is InChI=1S/C14H16N4O2S2/c15-10-11(14(20)18-5-1-2-6-18)17-22-12(10)13(19)16-8-9-4-3-7-21-9/h3-4,7H,1-2,5-6,8,15H2,(H,16,19). The molecule has 0 bridgehead atoms. The molecule has 2 amide bonds. The highest BCUT2D eigenvalue weighted by atomic mass is 32.1. The van der Waals surface area contributed by atoms with Gasteiger partial charge < -0.3 is 16.0 Å². The first-order valence-corrected chi connectivity index (χ1v) is 8.67. The number of nitrogens with one attached hydrogen (secondary N) is 1. The summed E-state index contributed by atoms with van der Waals surface area (Å²) in [4.78, 5) is 27.6. The van der Waals surface area contributed by atoms with Crippen LogP contribution in [0.3, 0.4) is 0 Å². The van der Waals surface area contributed by atoms with Gasteiger partial charge in [-0.15, -0.1) is 11.3 Å². The van der Waals surface area contributed by atoms with Crippen molar-refractivity contribution in [1.82, 2.24) is 14.6 Å². The second kappa shape index (κ2) is 6.45. The van der Waals surface area contributed by atoms with Crippen LogP contribution in [0.15, 0.2) is 17.5 Å². The van der Waals surface area contributed by atoms with Crippen molar-refractivity contribution in [3.63, 3.8) is 0 Å². The highest BCUT2D eigenvalue weighted by Gasteiger charge is 2.27. The summed E-state index contributed by atoms with van der Waals surface area (Å²) in [6.07, 6.45) is 2.01. The molecule has 0 spiro atoms. The third-order valence-corrected chi connectivity index (χ3v) is 5.27. The molecule has 1 fully saturated rings. The predicted molar refractivity (Wildman–Crippen MR) is 87.2 cm³/mol. The van der Waals surface area contributed by atoms with Crippen molar-refractivity contribution < 1.29 is 9.59 Å². The van der Waals surface area contributed by atoms with Crippen LogP contribution in [0.5, 0.6) is 0 Å². The lowest BCUT2D eigenvalue weighted by Gasteiger charge is -2.13. The number of amides is 2. The van der Waals surface area contributed by atoms with Gasteiger partial charge in [0.05, 0.1) is 12.2 Å². The Kier molecular flexibility index (Phi) is 4.39. The van der Waals surface area contributed by atoms with E-state index in [1.807, 2.05) is 17.5 Å². The molecular formula is C14H16N4O2S2. The van der Waals surface area contributed by atoms with Crippen molar-refractivity contribution in [1.29, 1.82) is 0 Å². The first-order valence-electron chi connectivity index (χ1n) is 7.02. The van der Waals surface area contributed by atoms with Gasteiger partial charge in [-0.3, -0.25) is 9.59 Å². The first kappa shape index (κ1) is 15.0. The van der Waals surface area contributed by atoms with E-state index in [9.17, 15) is 9.59 Å². The SMILES string of the molecule is Nc1c(C(=O)N2CCCC2)nsc1C(=O)NCc1cccs1. The largest absolute Gasteiger partial charge is 0.395 e. The van der Waals surface area contributed by atoms with Crippen molar-refractivity contribution >= 4 is 40.4 Å². The smallest absolute Gasteiger partial charge is 0.275 e. The third-order valence-electron chi connectivity index (χ3n) is 3.53. The van der Waals surface area contributed by atoms with E-state index in [0.29, 0.717) is 11.4 Å². The maximum Gasteiger partial charge on any atom is 0.275 e. The minimum Gasteiger partial charge on any atom is -0.395 e. The van der Waals surface area contributed by atoms with E-state index < -0.39 is 0 Å². The highest BCUT2D eigenvalue weighted by Crippen LogP contribution is 2.24. The minimum atomic E-state index is -0.288. The van der Waals surface area contributed by atoms with Crippen molar-refractivity contribution in [2.75, 3.05) is 18.8 Å². The molecule has 3 N–H and O–H groups in total. The minimum absolute atomic E-state index is 0.177. The number of rotatable bonds is 4. The molecule has 22 heavy (non-hydrogen) atoms. The number of nitrogen functional groups attached to an aromatic ring is 1. The van der Waals surface area contributed by atoms with Gasteiger partial charge in [0.25, 0.3) is 11.8 Å². The summed E-state index contributed by atoms with van der Waals surface area (Å²) in [6, 6.07) is 3.88. The summed E-state index contributed by atoms with van der Waals surface area (Å²) >= 11 is 2.55. The molecule has 2 aromatic rings. The van der Waals surface area contributed by atoms with Gasteiger partial charge in [0.1, 0.15) is 4.88 Å². The molecule has 0 unspecified atom stereocenters. The number of likely N-dealkylation sites (tertiary alicyclic amines) is 1. The molecule has 0 atom stereocenters. The molecule has 0 aliphatic carbocycles. The summed E-state index contributed by atoms with van der Waals surface area (Å²) in [5.74, 6) is -0.465. The van der Waals surface area contributed by atoms with Crippen LogP contribution in [0.4, 0.5) is 5.69 Å². The van der Waals surface area contributed by atoms with Crippen LogP contribution in [0.25, 0.3) is 0 Å². The van der Waals surface area contributed by atoms with Crippen molar-refractivity contribution in [2.45, 2.75) is 19.4 Å². The zero-order valence-electron chi connectivity index (χ0n) is 11.9. The Bertz CT molecular complexity index is 675. The van der Waals surface area contributed by atoms with Crippen LogP contribution >= 0.6 is 22.9 Å². The van der Waals surface area contributed by atoms with Gasteiger partial charge in [-0.2, -0.15) is 4.37 Å². The van der Waals surface area contributed by atoms with Crippen LogP contribution in [-0.2, 0) is 6.54 Å². The molecular weight excluding hydrogens is 320 g/mol. The third kappa shape index (κ3) is 2.97. The van der Waals surface area contributed by atoms with Gasteiger partial charge >= 0.3 is 0 Å². The van der Waals surface area contributed by atoms with Crippen LogP contribution in [0.2, 0.25) is 0 Å². The molecule has 116 valence electrons. The van der Waals surface area contributed by atoms with E-state index in [0.717, 1.165) is 42.3 Å². The lowest BCUT2D eigenvalue weighted by molar-refractivity contribution is 0.0789. The Morgan fingerprint density at radius 1 is 1.36 bits per heavy atom. The van der Waals surface area contributed by atoms with E-state index in [2.05, 4.69) is 9.69 Å². The van der Waals surface area contributed by atoms with E-state index in [-0.39, 0.29) is 23.2 Å². The van der Waals surface area contributed by atoms with Crippen molar-refractivity contribution in [2.24, 2.45) is 0 Å². The van der Waals surface area contributed by atoms with Gasteiger partial charge in [0.15, 0.2) is 5.69 Å². The molecule has 6 nitrogen and oxygen atoms in total. The second-order valence-electron chi connectivity index (χ2n) is 5.04. The summed E-state index contributed by atoms with van der Waals surface area (Å²) in [7, 11) is 0. The van der Waals surface area contributed by atoms with E-state index in [1.165, 1.54) is 0 Å². The fraction of sp³-hybridized carbons (Fsp3) is 0.357. The maximum atomic E-state index is 12.3. The van der Waals surface area contributed by atoms with Crippen molar-refractivity contribution in [3.05, 3.63) is 33.0 Å². The molecule has 1 aliphatic heterocycles. The van der Waals surface area contributed by atoms with Crippen LogP contribution < -0.4 is 11.1 Å². The Hall–Kier alpha value is -1.93. The molecule has 8 heteroatoms. The summed E-state index contributed by atoms with van der Waals surface area (Å²) in [5.41, 5.74) is 6.35. The lowest BCUT2D eigenvalue weighted by Crippen LogP contribution is -2.29. The fourth-order valence-electron chi connectivity index (χ4n) is 2.35. The number of carbonyl (C=O) groups excluding carboxylic acids is 2. The fourth-order valence-corrected chi connectivity index (χ4v) is 3.70. The molecule has 1 saturated heterocycles. The number of anilines is 1. The van der Waals surface area contributed by atoms with Gasteiger partial charge in [-0.05, 0) is 35.8 Å². The Balaban J connectivity index is 1.69. The molecule has 0 radical (unpaired) electrons. The number of nitrogens with zero attached hydrogens (tertiary/aromatic N) is 2. The summed E-state index contributed by atoms with van der Waals surface area (Å²) in [5, 5.41) is 4.75. The van der Waals surface area contributed by atoms with Gasteiger partial charge in [-0.1, -0.05) is 6.07 Å². The van der Waals surface area contributed by atoms with Crippen LogP contribution in [0, 0.1) is 0 Å². The predicted octanol–water partition coefficient (Wildman–Crippen LogP) is 1.95. The molecule has 0 saturated carbocycles.